The average Bonchev–Trinajstić information content (AvgIpc) is 2.56. The van der Waals surface area contributed by atoms with Crippen molar-refractivity contribution >= 4 is 21.7 Å². The zero-order chi connectivity index (χ0) is 13.6. The Kier molecular flexibility index (Phi) is 3.55. The molecule has 3 heterocycles. The minimum Gasteiger partial charge on any atom is -0.262 e. The van der Waals surface area contributed by atoms with Crippen molar-refractivity contribution in [2.75, 3.05) is 0 Å². The van der Waals surface area contributed by atoms with Crippen molar-refractivity contribution in [3.05, 3.63) is 73.4 Å². The number of hydrogen-bond donors (Lipinski definition) is 0. The second-order valence-corrected chi connectivity index (χ2v) is 4.19. The van der Waals surface area contributed by atoms with Crippen LogP contribution in [0.2, 0.25) is 0 Å². The van der Waals surface area contributed by atoms with Crippen LogP contribution in [0.4, 0.5) is 0 Å². The lowest BCUT2D eigenvalue weighted by Gasteiger charge is -1.90. The molecule has 0 aliphatic rings. The van der Waals surface area contributed by atoms with Crippen molar-refractivity contribution in [2.24, 2.45) is 0 Å². The molecule has 0 atom stereocenters. The van der Waals surface area contributed by atoms with E-state index in [0.717, 1.165) is 21.7 Å². The molecule has 3 aromatic heterocycles. The van der Waals surface area contributed by atoms with Crippen LogP contribution < -0.4 is 0 Å². The fraction of sp³-hybridized carbons (Fsp3) is 0. The molecule has 0 spiro atoms. The number of aromatic nitrogens is 4. The van der Waals surface area contributed by atoms with Crippen LogP contribution in [-0.4, -0.2) is 20.2 Å². The molecule has 4 aromatic rings. The Morgan fingerprint density at radius 1 is 0.600 bits per heavy atom. The molecule has 20 heavy (non-hydrogen) atoms. The molecule has 1 aromatic carbocycles. The summed E-state index contributed by atoms with van der Waals surface area (Å²) < 4.78 is 0. The Balaban J connectivity index is 0.000000121. The normalized spacial score (nSPS) is 10.0. The van der Waals surface area contributed by atoms with Crippen LogP contribution in [0.25, 0.3) is 21.7 Å². The molecule has 0 saturated carbocycles. The molecule has 0 aliphatic heterocycles. The molecule has 0 radical (unpaired) electrons. The van der Waals surface area contributed by atoms with Crippen LogP contribution in [0.15, 0.2) is 73.4 Å². The van der Waals surface area contributed by atoms with Gasteiger partial charge in [-0.05, 0) is 12.1 Å². The van der Waals surface area contributed by atoms with Gasteiger partial charge in [0.25, 0.3) is 0 Å². The maximum Gasteiger partial charge on any atom is 0.0885 e. The lowest BCUT2D eigenvalue weighted by Crippen LogP contribution is -1.77. The molecule has 0 fully saturated rings. The first kappa shape index (κ1) is 12.2. The highest BCUT2D eigenvalue weighted by molar-refractivity contribution is 5.80. The van der Waals surface area contributed by atoms with E-state index in [9.17, 15) is 0 Å². The van der Waals surface area contributed by atoms with Crippen LogP contribution in [0.5, 0.6) is 0 Å². The zero-order valence-electron chi connectivity index (χ0n) is 10.7. The fourth-order valence-corrected chi connectivity index (χ4v) is 1.85. The molecule has 4 heteroatoms. The van der Waals surface area contributed by atoms with Crippen LogP contribution >= 0.6 is 0 Å². The first-order valence-corrected chi connectivity index (χ1v) is 6.24. The van der Waals surface area contributed by atoms with Crippen molar-refractivity contribution in [3.63, 3.8) is 0 Å². The number of fused-ring (bicyclic) bond motifs is 2. The van der Waals surface area contributed by atoms with Crippen LogP contribution in [0.1, 0.15) is 0 Å². The van der Waals surface area contributed by atoms with Gasteiger partial charge in [0.05, 0.1) is 24.1 Å². The lowest BCUT2D eigenvalue weighted by atomic mass is 10.2. The second kappa shape index (κ2) is 5.84. The number of nitrogens with zero attached hydrogens (tertiary/aromatic N) is 4. The summed E-state index contributed by atoms with van der Waals surface area (Å²) in [6, 6.07) is 13.9. The van der Waals surface area contributed by atoms with E-state index >= 15 is 0 Å². The van der Waals surface area contributed by atoms with Gasteiger partial charge in [-0.1, -0.05) is 30.3 Å². The van der Waals surface area contributed by atoms with Gasteiger partial charge in [-0.25, -0.2) is 0 Å². The van der Waals surface area contributed by atoms with E-state index in [4.69, 9.17) is 0 Å². The first-order chi connectivity index (χ1) is 9.93. The average molecular weight is 260 g/mol. The summed E-state index contributed by atoms with van der Waals surface area (Å²) in [6.45, 7) is 0. The number of benzene rings is 1. The largest absolute Gasteiger partial charge is 0.262 e. The summed E-state index contributed by atoms with van der Waals surface area (Å²) in [5.74, 6) is 0. The highest BCUT2D eigenvalue weighted by atomic mass is 15.1. The van der Waals surface area contributed by atoms with Crippen molar-refractivity contribution in [1.82, 2.24) is 20.2 Å². The number of rotatable bonds is 0. The standard InChI is InChI=1S/2C8H6N2/c1-2-7-3-5-9-6-8(7)10-4-1;1-2-4-8-6-10-9-5-7(8)3-1/h2*1-6H. The van der Waals surface area contributed by atoms with Gasteiger partial charge in [0.1, 0.15) is 0 Å². The number of pyridine rings is 2. The molecule has 0 saturated heterocycles. The van der Waals surface area contributed by atoms with Crippen molar-refractivity contribution in [1.29, 1.82) is 0 Å². The lowest BCUT2D eigenvalue weighted by molar-refractivity contribution is 1.05. The summed E-state index contributed by atoms with van der Waals surface area (Å²) in [6.07, 6.45) is 8.81. The zero-order valence-corrected chi connectivity index (χ0v) is 10.7. The molecule has 0 N–H and O–H groups in total. The molecule has 0 aliphatic carbocycles. The van der Waals surface area contributed by atoms with Gasteiger partial charge in [0.15, 0.2) is 0 Å². The van der Waals surface area contributed by atoms with Crippen LogP contribution in [0, 0.1) is 0 Å². The van der Waals surface area contributed by atoms with Gasteiger partial charge >= 0.3 is 0 Å². The van der Waals surface area contributed by atoms with Gasteiger partial charge in [0, 0.05) is 28.6 Å². The van der Waals surface area contributed by atoms with E-state index in [2.05, 4.69) is 20.2 Å². The van der Waals surface area contributed by atoms with E-state index in [1.165, 1.54) is 0 Å². The van der Waals surface area contributed by atoms with E-state index in [-0.39, 0.29) is 0 Å². The molecule has 4 rings (SSSR count). The van der Waals surface area contributed by atoms with Crippen molar-refractivity contribution in [3.8, 4) is 0 Å². The third-order valence-electron chi connectivity index (χ3n) is 2.86. The fourth-order valence-electron chi connectivity index (χ4n) is 1.85. The smallest absolute Gasteiger partial charge is 0.0885 e. The summed E-state index contributed by atoms with van der Waals surface area (Å²) in [5, 5.41) is 10.9. The van der Waals surface area contributed by atoms with Crippen LogP contribution in [0.3, 0.4) is 0 Å². The topological polar surface area (TPSA) is 51.6 Å². The third kappa shape index (κ3) is 2.75. The van der Waals surface area contributed by atoms with E-state index in [1.807, 2.05) is 42.5 Å². The SMILES string of the molecule is c1ccc2cnncc2c1.c1cnc2cnccc2c1. The van der Waals surface area contributed by atoms with E-state index in [0.29, 0.717) is 0 Å². The predicted molar refractivity (Wildman–Crippen MR) is 79.1 cm³/mol. The Bertz CT molecular complexity index is 628. The Morgan fingerprint density at radius 3 is 2.00 bits per heavy atom. The first-order valence-electron chi connectivity index (χ1n) is 6.24. The summed E-state index contributed by atoms with van der Waals surface area (Å²) in [7, 11) is 0. The van der Waals surface area contributed by atoms with Crippen molar-refractivity contribution in [2.45, 2.75) is 0 Å². The molecule has 0 unspecified atom stereocenters. The second-order valence-electron chi connectivity index (χ2n) is 4.19. The van der Waals surface area contributed by atoms with Crippen LogP contribution in [-0.2, 0) is 0 Å². The molecular formula is C16H12N4. The minimum absolute atomic E-state index is 0.949. The molecule has 96 valence electrons. The van der Waals surface area contributed by atoms with Gasteiger partial charge in [0.2, 0.25) is 0 Å². The van der Waals surface area contributed by atoms with Crippen molar-refractivity contribution < 1.29 is 0 Å². The Labute approximate surface area is 116 Å². The van der Waals surface area contributed by atoms with Gasteiger partial charge in [-0.2, -0.15) is 10.2 Å². The summed E-state index contributed by atoms with van der Waals surface area (Å²) in [4.78, 5) is 8.07. The highest BCUT2D eigenvalue weighted by Gasteiger charge is 1.88. The van der Waals surface area contributed by atoms with Gasteiger partial charge < -0.3 is 0 Å². The van der Waals surface area contributed by atoms with E-state index in [1.54, 1.807) is 31.0 Å². The molecule has 4 nitrogen and oxygen atoms in total. The van der Waals surface area contributed by atoms with E-state index < -0.39 is 0 Å². The Morgan fingerprint density at radius 2 is 1.30 bits per heavy atom. The highest BCUT2D eigenvalue weighted by Crippen LogP contribution is 2.08. The molecule has 0 bridgehead atoms. The number of hydrogen-bond acceptors (Lipinski definition) is 4. The monoisotopic (exact) mass is 260 g/mol. The van der Waals surface area contributed by atoms with Gasteiger partial charge in [-0.15, -0.1) is 0 Å². The maximum absolute atomic E-state index is 4.12. The third-order valence-corrected chi connectivity index (χ3v) is 2.86. The summed E-state index contributed by atoms with van der Waals surface area (Å²) in [5.41, 5.74) is 0.949. The van der Waals surface area contributed by atoms with Gasteiger partial charge in [-0.3, -0.25) is 9.97 Å². The predicted octanol–water partition coefficient (Wildman–Crippen LogP) is 3.26. The Hall–Kier alpha value is -2.88. The molecule has 0 amide bonds. The molecular weight excluding hydrogens is 248 g/mol. The minimum atomic E-state index is 0.949. The quantitative estimate of drug-likeness (QED) is 0.487. The maximum atomic E-state index is 4.12. The summed E-state index contributed by atoms with van der Waals surface area (Å²) >= 11 is 0.